The summed E-state index contributed by atoms with van der Waals surface area (Å²) in [7, 11) is -0.876. The fourth-order valence-electron chi connectivity index (χ4n) is 3.30. The van der Waals surface area contributed by atoms with Crippen molar-refractivity contribution < 1.29 is 23.4 Å². The molecular weight excluding hydrogens is 410 g/mol. The molecule has 168 valence electrons. The Hall–Kier alpha value is -1.05. The Bertz CT molecular complexity index is 829. The van der Waals surface area contributed by atoms with E-state index in [9.17, 15) is 4.79 Å². The highest BCUT2D eigenvalue weighted by Crippen LogP contribution is 2.39. The maximum atomic E-state index is 11.6. The molecule has 3 rings (SSSR count). The predicted octanol–water partition coefficient (Wildman–Crippen LogP) is 4.28. The van der Waals surface area contributed by atoms with Crippen LogP contribution in [0, 0.1) is 0 Å². The van der Waals surface area contributed by atoms with Gasteiger partial charge in [0.2, 0.25) is 0 Å². The number of thioether (sulfide) groups is 1. The monoisotopic (exact) mass is 444 g/mol. The van der Waals surface area contributed by atoms with E-state index in [2.05, 4.69) is 0 Å². The van der Waals surface area contributed by atoms with Crippen molar-refractivity contribution in [2.45, 2.75) is 84.7 Å². The first-order valence-corrected chi connectivity index (χ1v) is 11.8. The Kier molecular flexibility index (Phi) is 6.65. The van der Waals surface area contributed by atoms with Crippen LogP contribution in [0.15, 0.2) is 29.7 Å². The summed E-state index contributed by atoms with van der Waals surface area (Å²) in [5, 5.41) is 0.0681. The molecule has 0 aromatic heterocycles. The largest absolute Gasteiger partial charge is 0.494 e. The molecule has 2 saturated heterocycles. The van der Waals surface area contributed by atoms with Gasteiger partial charge in [0, 0.05) is 12.7 Å². The Morgan fingerprint density at radius 1 is 0.839 bits per heavy atom. The van der Waals surface area contributed by atoms with Gasteiger partial charge in [0.25, 0.3) is 0 Å². The maximum Gasteiger partial charge on any atom is 0.494 e. The number of hydrogen-bond donors (Lipinski definition) is 0. The number of carbonyl (C=O) groups is 1. The van der Waals surface area contributed by atoms with Crippen LogP contribution >= 0.6 is 11.8 Å². The summed E-state index contributed by atoms with van der Waals surface area (Å²) < 4.78 is 24.7. The summed E-state index contributed by atoms with van der Waals surface area (Å²) in [6.45, 7) is 17.9. The average molecular weight is 444 g/mol. The molecule has 0 N–H and O–H groups in total. The van der Waals surface area contributed by atoms with Gasteiger partial charge >= 0.3 is 14.2 Å². The van der Waals surface area contributed by atoms with Crippen LogP contribution in [-0.2, 0) is 23.4 Å². The van der Waals surface area contributed by atoms with E-state index in [1.807, 2.05) is 85.7 Å². The Balaban J connectivity index is 1.82. The van der Waals surface area contributed by atoms with Crippen molar-refractivity contribution in [1.29, 1.82) is 0 Å². The Labute approximate surface area is 191 Å². The zero-order valence-corrected chi connectivity index (χ0v) is 21.0. The van der Waals surface area contributed by atoms with E-state index >= 15 is 0 Å². The molecule has 1 aromatic rings. The zero-order chi connectivity index (χ0) is 23.2. The highest BCUT2D eigenvalue weighted by molar-refractivity contribution is 8.13. The van der Waals surface area contributed by atoms with Crippen molar-refractivity contribution in [2.24, 2.45) is 0 Å². The summed E-state index contributed by atoms with van der Waals surface area (Å²) in [4.78, 5) is 11.6. The van der Waals surface area contributed by atoms with Crippen molar-refractivity contribution in [2.75, 3.05) is 5.75 Å². The predicted molar refractivity (Wildman–Crippen MR) is 129 cm³/mol. The number of benzene rings is 1. The number of rotatable bonds is 5. The summed E-state index contributed by atoms with van der Waals surface area (Å²) in [6, 6.07) is 8.11. The van der Waals surface area contributed by atoms with E-state index in [-0.39, 0.29) is 23.4 Å². The lowest BCUT2D eigenvalue weighted by Crippen LogP contribution is -2.41. The minimum Gasteiger partial charge on any atom is -0.400 e. The zero-order valence-electron chi connectivity index (χ0n) is 20.2. The SMILES string of the molecule is CC(=O)SCC(=Cc1ccc(B2OC(C)(C)C(C)(C)O2)cc1)B1OC(C)(C)C(C)(C)O1. The van der Waals surface area contributed by atoms with E-state index in [0.29, 0.717) is 5.75 Å². The van der Waals surface area contributed by atoms with Crippen LogP contribution < -0.4 is 5.46 Å². The Morgan fingerprint density at radius 3 is 1.74 bits per heavy atom. The highest BCUT2D eigenvalue weighted by atomic mass is 32.2. The second-order valence-corrected chi connectivity index (χ2v) is 11.5. The second kappa shape index (κ2) is 8.38. The Morgan fingerprint density at radius 2 is 1.29 bits per heavy atom. The van der Waals surface area contributed by atoms with E-state index in [1.54, 1.807) is 6.92 Å². The minimum absolute atomic E-state index is 0.0681. The molecule has 31 heavy (non-hydrogen) atoms. The van der Waals surface area contributed by atoms with Gasteiger partial charge in [-0.05, 0) is 71.9 Å². The van der Waals surface area contributed by atoms with Crippen molar-refractivity contribution in [1.82, 2.24) is 0 Å². The van der Waals surface area contributed by atoms with Crippen LogP contribution in [0.5, 0.6) is 0 Å². The molecule has 0 bridgehead atoms. The summed E-state index contributed by atoms with van der Waals surface area (Å²) in [5.74, 6) is 0.519. The first-order chi connectivity index (χ1) is 14.1. The van der Waals surface area contributed by atoms with Crippen LogP contribution in [0.4, 0.5) is 0 Å². The van der Waals surface area contributed by atoms with Gasteiger partial charge in [-0.1, -0.05) is 42.1 Å². The van der Waals surface area contributed by atoms with Crippen LogP contribution in [0.2, 0.25) is 0 Å². The van der Waals surface area contributed by atoms with E-state index in [1.165, 1.54) is 11.8 Å². The molecule has 0 radical (unpaired) electrons. The average Bonchev–Trinajstić information content (AvgIpc) is 2.98. The van der Waals surface area contributed by atoms with Crippen LogP contribution in [0.25, 0.3) is 6.08 Å². The van der Waals surface area contributed by atoms with Gasteiger partial charge in [0.15, 0.2) is 5.12 Å². The molecule has 0 amide bonds. The van der Waals surface area contributed by atoms with E-state index in [4.69, 9.17) is 18.6 Å². The van der Waals surface area contributed by atoms with Gasteiger partial charge in [0.1, 0.15) is 0 Å². The fraction of sp³-hybridized carbons (Fsp3) is 0.609. The molecule has 0 spiro atoms. The van der Waals surface area contributed by atoms with Crippen molar-refractivity contribution in [3.05, 3.63) is 35.3 Å². The lowest BCUT2D eigenvalue weighted by Gasteiger charge is -2.32. The quantitative estimate of drug-likeness (QED) is 0.633. The van der Waals surface area contributed by atoms with Crippen molar-refractivity contribution >= 4 is 42.7 Å². The van der Waals surface area contributed by atoms with Crippen molar-refractivity contribution in [3.63, 3.8) is 0 Å². The first-order valence-electron chi connectivity index (χ1n) is 10.8. The standard InChI is InChI=1S/C23H34B2O5S/c1-16(26)31-15-19(25-29-22(6,7)23(8,9)30-25)14-17-10-12-18(13-11-17)24-27-20(2,3)21(4,5)28-24/h10-14H,15H2,1-9H3. The summed E-state index contributed by atoms with van der Waals surface area (Å²) in [5.41, 5.74) is 1.31. The van der Waals surface area contributed by atoms with Crippen LogP contribution in [0.3, 0.4) is 0 Å². The molecular formula is C23H34B2O5S. The van der Waals surface area contributed by atoms with Gasteiger partial charge in [-0.25, -0.2) is 0 Å². The van der Waals surface area contributed by atoms with Gasteiger partial charge in [-0.15, -0.1) is 0 Å². The fourth-order valence-corrected chi connectivity index (χ4v) is 3.89. The normalized spacial score (nSPS) is 24.0. The smallest absolute Gasteiger partial charge is 0.400 e. The number of carbonyl (C=O) groups excluding carboxylic acids is 1. The third kappa shape index (κ3) is 5.14. The second-order valence-electron chi connectivity index (χ2n) is 10.3. The van der Waals surface area contributed by atoms with Crippen molar-refractivity contribution in [3.8, 4) is 0 Å². The molecule has 2 heterocycles. The van der Waals surface area contributed by atoms with Crippen LogP contribution in [0.1, 0.15) is 67.9 Å². The molecule has 0 unspecified atom stereocenters. The first kappa shape index (κ1) is 24.6. The molecule has 5 nitrogen and oxygen atoms in total. The van der Waals surface area contributed by atoms with Gasteiger partial charge in [-0.2, -0.15) is 0 Å². The molecule has 2 aliphatic heterocycles. The molecule has 0 aliphatic carbocycles. The lowest BCUT2D eigenvalue weighted by molar-refractivity contribution is -0.109. The molecule has 0 saturated carbocycles. The molecule has 8 heteroatoms. The maximum absolute atomic E-state index is 11.6. The lowest BCUT2D eigenvalue weighted by atomic mass is 9.77. The summed E-state index contributed by atoms with van der Waals surface area (Å²) in [6.07, 6.45) is 2.05. The molecule has 2 aliphatic rings. The van der Waals surface area contributed by atoms with Gasteiger partial charge in [-0.3, -0.25) is 4.79 Å². The minimum atomic E-state index is -0.486. The summed E-state index contributed by atoms with van der Waals surface area (Å²) >= 11 is 1.26. The topological polar surface area (TPSA) is 54.0 Å². The van der Waals surface area contributed by atoms with Gasteiger partial charge in [0.05, 0.1) is 22.4 Å². The van der Waals surface area contributed by atoms with Gasteiger partial charge < -0.3 is 18.6 Å². The highest BCUT2D eigenvalue weighted by Gasteiger charge is 2.53. The van der Waals surface area contributed by atoms with E-state index < -0.39 is 18.3 Å². The number of hydrogen-bond acceptors (Lipinski definition) is 6. The van der Waals surface area contributed by atoms with E-state index in [0.717, 1.165) is 16.5 Å². The molecule has 0 atom stereocenters. The molecule has 1 aromatic carbocycles. The third-order valence-electron chi connectivity index (χ3n) is 6.81. The van der Waals surface area contributed by atoms with Crippen LogP contribution in [-0.4, -0.2) is 47.5 Å². The molecule has 2 fully saturated rings. The third-order valence-corrected chi connectivity index (χ3v) is 7.70.